The van der Waals surface area contributed by atoms with Gasteiger partial charge in [0.25, 0.3) is 0 Å². The number of aromatic nitrogens is 2. The maximum Gasteiger partial charge on any atom is 0.240 e. The first-order valence-electron chi connectivity index (χ1n) is 8.45. The fourth-order valence-electron chi connectivity index (χ4n) is 2.74. The highest BCUT2D eigenvalue weighted by molar-refractivity contribution is 5.84. The highest BCUT2D eigenvalue weighted by Crippen LogP contribution is 2.27. The molecule has 0 saturated heterocycles. The molecule has 0 saturated carbocycles. The van der Waals surface area contributed by atoms with E-state index in [0.29, 0.717) is 12.5 Å². The van der Waals surface area contributed by atoms with Crippen molar-refractivity contribution in [1.29, 1.82) is 0 Å². The van der Waals surface area contributed by atoms with Crippen LogP contribution in [0.1, 0.15) is 13.8 Å². The van der Waals surface area contributed by atoms with Gasteiger partial charge in [-0.1, -0.05) is 38.1 Å². The predicted octanol–water partition coefficient (Wildman–Crippen LogP) is 3.48. The minimum atomic E-state index is -0.0130. The van der Waals surface area contributed by atoms with Crippen LogP contribution < -0.4 is 10.1 Å². The van der Waals surface area contributed by atoms with Crippen LogP contribution in [0, 0.1) is 5.92 Å². The Labute approximate surface area is 147 Å². The quantitative estimate of drug-likeness (QED) is 0.749. The molecule has 0 aliphatic heterocycles. The number of hydrogen-bond donors (Lipinski definition) is 1. The van der Waals surface area contributed by atoms with Crippen LogP contribution in [0.15, 0.2) is 48.5 Å². The van der Waals surface area contributed by atoms with Crippen LogP contribution in [-0.4, -0.2) is 29.1 Å². The van der Waals surface area contributed by atoms with Crippen molar-refractivity contribution in [3.8, 4) is 17.1 Å². The van der Waals surface area contributed by atoms with Gasteiger partial charge in [0.2, 0.25) is 5.91 Å². The summed E-state index contributed by atoms with van der Waals surface area (Å²) in [6.07, 6.45) is 0. The Hall–Kier alpha value is -2.82. The van der Waals surface area contributed by atoms with Gasteiger partial charge in [0, 0.05) is 12.1 Å². The second-order valence-corrected chi connectivity index (χ2v) is 6.44. The Balaban J connectivity index is 2.01. The molecule has 5 heteroatoms. The Morgan fingerprint density at radius 1 is 1.20 bits per heavy atom. The van der Waals surface area contributed by atoms with E-state index in [1.807, 2.05) is 53.1 Å². The summed E-state index contributed by atoms with van der Waals surface area (Å²) < 4.78 is 7.28. The molecule has 1 N–H and O–H groups in total. The summed E-state index contributed by atoms with van der Waals surface area (Å²) >= 11 is 0. The number of rotatable bonds is 6. The van der Waals surface area contributed by atoms with Gasteiger partial charge in [-0.15, -0.1) is 0 Å². The first-order valence-corrected chi connectivity index (χ1v) is 8.45. The normalized spacial score (nSPS) is 11.0. The monoisotopic (exact) mass is 337 g/mol. The molecule has 25 heavy (non-hydrogen) atoms. The minimum absolute atomic E-state index is 0.0130. The molecule has 0 bridgehead atoms. The highest BCUT2D eigenvalue weighted by atomic mass is 16.5. The molecule has 5 nitrogen and oxygen atoms in total. The fraction of sp³-hybridized carbons (Fsp3) is 0.300. The molecular formula is C20H23N3O2. The van der Waals surface area contributed by atoms with Gasteiger partial charge in [0.1, 0.15) is 18.1 Å². The maximum atomic E-state index is 12.4. The van der Waals surface area contributed by atoms with Crippen molar-refractivity contribution in [1.82, 2.24) is 14.9 Å². The number of carbonyl (C=O) groups excluding carboxylic acids is 1. The van der Waals surface area contributed by atoms with Crippen LogP contribution >= 0.6 is 0 Å². The number of ether oxygens (including phenoxy) is 1. The van der Waals surface area contributed by atoms with E-state index in [2.05, 4.69) is 19.2 Å². The molecule has 0 aliphatic carbocycles. The average molecular weight is 337 g/mol. The van der Waals surface area contributed by atoms with Crippen molar-refractivity contribution in [2.75, 3.05) is 13.7 Å². The van der Waals surface area contributed by atoms with Crippen LogP contribution in [0.2, 0.25) is 0 Å². The number of para-hydroxylation sites is 2. The van der Waals surface area contributed by atoms with Crippen molar-refractivity contribution in [3.05, 3.63) is 48.5 Å². The van der Waals surface area contributed by atoms with Crippen LogP contribution in [0.4, 0.5) is 0 Å². The Morgan fingerprint density at radius 3 is 2.76 bits per heavy atom. The van der Waals surface area contributed by atoms with Gasteiger partial charge in [-0.3, -0.25) is 4.79 Å². The van der Waals surface area contributed by atoms with Gasteiger partial charge >= 0.3 is 0 Å². The standard InChI is InChI=1S/C20H23N3O2/c1-14(2)12-21-19(24)13-23-18-10-5-4-9-17(18)22-20(23)15-7-6-8-16(11-15)25-3/h4-11,14H,12-13H2,1-3H3,(H,21,24). The number of imidazole rings is 1. The molecule has 0 aliphatic rings. The van der Waals surface area contributed by atoms with Gasteiger partial charge in [0.05, 0.1) is 18.1 Å². The molecule has 130 valence electrons. The van der Waals surface area contributed by atoms with E-state index >= 15 is 0 Å². The second-order valence-electron chi connectivity index (χ2n) is 6.44. The Kier molecular flexibility index (Phi) is 5.03. The van der Waals surface area contributed by atoms with Crippen molar-refractivity contribution in [2.45, 2.75) is 20.4 Å². The van der Waals surface area contributed by atoms with E-state index < -0.39 is 0 Å². The number of nitrogens with zero attached hydrogens (tertiary/aromatic N) is 2. The maximum absolute atomic E-state index is 12.4. The third-order valence-corrected chi connectivity index (χ3v) is 3.99. The average Bonchev–Trinajstić information content (AvgIpc) is 2.98. The zero-order valence-corrected chi connectivity index (χ0v) is 14.8. The lowest BCUT2D eigenvalue weighted by Gasteiger charge is -2.12. The smallest absolute Gasteiger partial charge is 0.240 e. The third-order valence-electron chi connectivity index (χ3n) is 3.99. The Morgan fingerprint density at radius 2 is 2.00 bits per heavy atom. The summed E-state index contributed by atoms with van der Waals surface area (Å²) in [5.41, 5.74) is 2.74. The minimum Gasteiger partial charge on any atom is -0.497 e. The molecule has 3 rings (SSSR count). The fourth-order valence-corrected chi connectivity index (χ4v) is 2.74. The van der Waals surface area contributed by atoms with Gasteiger partial charge in [-0.2, -0.15) is 0 Å². The number of nitrogens with one attached hydrogen (secondary N) is 1. The lowest BCUT2D eigenvalue weighted by molar-refractivity contribution is -0.121. The molecule has 0 atom stereocenters. The van der Waals surface area contributed by atoms with E-state index in [1.54, 1.807) is 7.11 Å². The van der Waals surface area contributed by atoms with Crippen LogP contribution in [0.5, 0.6) is 5.75 Å². The van der Waals surface area contributed by atoms with Crippen molar-refractivity contribution in [2.24, 2.45) is 5.92 Å². The number of fused-ring (bicyclic) bond motifs is 1. The van der Waals surface area contributed by atoms with Crippen molar-refractivity contribution < 1.29 is 9.53 Å². The van der Waals surface area contributed by atoms with Gasteiger partial charge in [-0.25, -0.2) is 4.98 Å². The summed E-state index contributed by atoms with van der Waals surface area (Å²) in [4.78, 5) is 17.1. The predicted molar refractivity (Wildman–Crippen MR) is 99.6 cm³/mol. The van der Waals surface area contributed by atoms with Gasteiger partial charge in [-0.05, 0) is 30.2 Å². The van der Waals surface area contributed by atoms with Crippen LogP contribution in [-0.2, 0) is 11.3 Å². The molecule has 0 spiro atoms. The zero-order valence-electron chi connectivity index (χ0n) is 14.8. The van der Waals surface area contributed by atoms with Crippen LogP contribution in [0.3, 0.4) is 0 Å². The van der Waals surface area contributed by atoms with E-state index in [1.165, 1.54) is 0 Å². The SMILES string of the molecule is COc1cccc(-c2nc3ccccc3n2CC(=O)NCC(C)C)c1. The molecule has 1 aromatic heterocycles. The number of benzene rings is 2. The zero-order chi connectivity index (χ0) is 17.8. The summed E-state index contributed by atoms with van der Waals surface area (Å²) in [6.45, 7) is 5.06. The number of methoxy groups -OCH3 is 1. The topological polar surface area (TPSA) is 56.2 Å². The summed E-state index contributed by atoms with van der Waals surface area (Å²) in [6, 6.07) is 15.6. The molecule has 3 aromatic rings. The molecule has 1 heterocycles. The van der Waals surface area contributed by atoms with E-state index in [9.17, 15) is 4.79 Å². The van der Waals surface area contributed by atoms with Gasteiger partial charge < -0.3 is 14.6 Å². The number of carbonyl (C=O) groups is 1. The number of amides is 1. The summed E-state index contributed by atoms with van der Waals surface area (Å²) in [5, 5.41) is 2.97. The lowest BCUT2D eigenvalue weighted by Crippen LogP contribution is -2.30. The van der Waals surface area contributed by atoms with Crippen LogP contribution in [0.25, 0.3) is 22.4 Å². The summed E-state index contributed by atoms with van der Waals surface area (Å²) in [7, 11) is 1.64. The summed E-state index contributed by atoms with van der Waals surface area (Å²) in [5.74, 6) is 1.93. The highest BCUT2D eigenvalue weighted by Gasteiger charge is 2.15. The van der Waals surface area contributed by atoms with Crippen molar-refractivity contribution in [3.63, 3.8) is 0 Å². The lowest BCUT2D eigenvalue weighted by atomic mass is 10.2. The van der Waals surface area contributed by atoms with E-state index in [0.717, 1.165) is 28.2 Å². The molecule has 0 unspecified atom stereocenters. The largest absolute Gasteiger partial charge is 0.497 e. The molecule has 2 aromatic carbocycles. The van der Waals surface area contributed by atoms with E-state index in [-0.39, 0.29) is 12.5 Å². The second kappa shape index (κ2) is 7.38. The van der Waals surface area contributed by atoms with E-state index in [4.69, 9.17) is 9.72 Å². The molecule has 0 radical (unpaired) electrons. The third kappa shape index (κ3) is 3.82. The molecular weight excluding hydrogens is 314 g/mol. The molecule has 1 amide bonds. The van der Waals surface area contributed by atoms with Gasteiger partial charge in [0.15, 0.2) is 0 Å². The van der Waals surface area contributed by atoms with Crippen molar-refractivity contribution >= 4 is 16.9 Å². The molecule has 0 fully saturated rings. The number of hydrogen-bond acceptors (Lipinski definition) is 3. The Bertz CT molecular complexity index is 884. The first kappa shape index (κ1) is 17.0. The first-order chi connectivity index (χ1) is 12.1.